The van der Waals surface area contributed by atoms with Crippen LogP contribution in [0.25, 0.3) is 0 Å². The van der Waals surface area contributed by atoms with Crippen LogP contribution in [0.5, 0.6) is 0 Å². The lowest BCUT2D eigenvalue weighted by Gasteiger charge is -2.03. The lowest BCUT2D eigenvalue weighted by molar-refractivity contribution is 0.277. The van der Waals surface area contributed by atoms with Gasteiger partial charge >= 0.3 is 0 Å². The van der Waals surface area contributed by atoms with E-state index >= 15 is 0 Å². The quantitative estimate of drug-likeness (QED) is 0.893. The third kappa shape index (κ3) is 2.40. The van der Waals surface area contributed by atoms with Crippen LogP contribution in [0.1, 0.15) is 11.3 Å². The molecule has 1 heterocycles. The zero-order valence-electron chi connectivity index (χ0n) is 8.40. The lowest BCUT2D eigenvalue weighted by Crippen LogP contribution is -1.97. The standard InChI is InChI=1S/C11H10ClFN2O/c12-10-2-1-8(3-11(10)13)4-15-5-9(6-16)14-7-15/h1-3,5,7,16H,4,6H2. The molecule has 2 rings (SSSR count). The first-order valence-electron chi connectivity index (χ1n) is 4.74. The maximum Gasteiger partial charge on any atom is 0.142 e. The number of hydrogen-bond acceptors (Lipinski definition) is 2. The zero-order chi connectivity index (χ0) is 11.5. The Labute approximate surface area is 97.1 Å². The molecule has 1 aromatic carbocycles. The monoisotopic (exact) mass is 240 g/mol. The van der Waals surface area contributed by atoms with E-state index in [2.05, 4.69) is 4.98 Å². The zero-order valence-corrected chi connectivity index (χ0v) is 9.15. The van der Waals surface area contributed by atoms with Crippen molar-refractivity contribution >= 4 is 11.6 Å². The number of aliphatic hydroxyl groups excluding tert-OH is 1. The van der Waals surface area contributed by atoms with Gasteiger partial charge in [0.05, 0.1) is 23.7 Å². The Kier molecular flexibility index (Phi) is 3.22. The highest BCUT2D eigenvalue weighted by atomic mass is 35.5. The summed E-state index contributed by atoms with van der Waals surface area (Å²) in [5.74, 6) is -0.429. The van der Waals surface area contributed by atoms with E-state index < -0.39 is 5.82 Å². The molecule has 0 saturated heterocycles. The molecule has 0 bridgehead atoms. The molecule has 2 aromatic rings. The summed E-state index contributed by atoms with van der Waals surface area (Å²) in [5.41, 5.74) is 1.39. The van der Waals surface area contributed by atoms with Gasteiger partial charge in [-0.3, -0.25) is 0 Å². The topological polar surface area (TPSA) is 38.0 Å². The van der Waals surface area contributed by atoms with Crippen LogP contribution < -0.4 is 0 Å². The Hall–Kier alpha value is -1.39. The predicted molar refractivity (Wildman–Crippen MR) is 58.7 cm³/mol. The molecule has 0 amide bonds. The Morgan fingerprint density at radius 1 is 1.44 bits per heavy atom. The fraction of sp³-hybridized carbons (Fsp3) is 0.182. The van der Waals surface area contributed by atoms with Crippen LogP contribution in [0.15, 0.2) is 30.7 Å². The Morgan fingerprint density at radius 2 is 2.25 bits per heavy atom. The van der Waals surface area contributed by atoms with Crippen molar-refractivity contribution in [1.29, 1.82) is 0 Å². The molecule has 0 atom stereocenters. The molecule has 0 aliphatic rings. The summed E-state index contributed by atoms with van der Waals surface area (Å²) in [5, 5.41) is 8.96. The maximum atomic E-state index is 13.2. The molecule has 3 nitrogen and oxygen atoms in total. The summed E-state index contributed by atoms with van der Waals surface area (Å²) in [6.45, 7) is 0.406. The van der Waals surface area contributed by atoms with Crippen molar-refractivity contribution < 1.29 is 9.50 Å². The Balaban J connectivity index is 2.17. The minimum absolute atomic E-state index is 0.0953. The maximum absolute atomic E-state index is 13.2. The van der Waals surface area contributed by atoms with E-state index in [0.29, 0.717) is 12.2 Å². The first-order chi connectivity index (χ1) is 7.69. The SMILES string of the molecule is OCc1cn(Cc2ccc(Cl)c(F)c2)cn1. The van der Waals surface area contributed by atoms with Gasteiger partial charge in [0.25, 0.3) is 0 Å². The van der Waals surface area contributed by atoms with Gasteiger partial charge in [-0.2, -0.15) is 0 Å². The smallest absolute Gasteiger partial charge is 0.142 e. The molecule has 0 saturated carbocycles. The molecule has 0 aliphatic heterocycles. The van der Waals surface area contributed by atoms with Gasteiger partial charge in [0.15, 0.2) is 0 Å². The van der Waals surface area contributed by atoms with Crippen LogP contribution in [0, 0.1) is 5.82 Å². The minimum atomic E-state index is -0.429. The number of aliphatic hydroxyl groups is 1. The lowest BCUT2D eigenvalue weighted by atomic mass is 10.2. The molecular weight excluding hydrogens is 231 g/mol. The fourth-order valence-electron chi connectivity index (χ4n) is 1.42. The highest BCUT2D eigenvalue weighted by Crippen LogP contribution is 2.16. The number of halogens is 2. The van der Waals surface area contributed by atoms with E-state index in [4.69, 9.17) is 16.7 Å². The first-order valence-corrected chi connectivity index (χ1v) is 5.12. The number of hydrogen-bond donors (Lipinski definition) is 1. The average Bonchev–Trinajstić information content (AvgIpc) is 2.71. The van der Waals surface area contributed by atoms with E-state index in [1.165, 1.54) is 12.1 Å². The second kappa shape index (κ2) is 4.63. The summed E-state index contributed by atoms with van der Waals surface area (Å²) >= 11 is 5.58. The van der Waals surface area contributed by atoms with Crippen molar-refractivity contribution in [3.05, 3.63) is 52.8 Å². The Morgan fingerprint density at radius 3 is 2.88 bits per heavy atom. The molecule has 16 heavy (non-hydrogen) atoms. The number of nitrogens with zero attached hydrogens (tertiary/aromatic N) is 2. The molecule has 1 aromatic heterocycles. The van der Waals surface area contributed by atoms with Crippen LogP contribution in [0.3, 0.4) is 0 Å². The molecule has 0 fully saturated rings. The third-order valence-corrected chi connectivity index (χ3v) is 2.50. The van der Waals surface area contributed by atoms with E-state index in [-0.39, 0.29) is 11.6 Å². The van der Waals surface area contributed by atoms with Gasteiger partial charge in [0.1, 0.15) is 5.82 Å². The van der Waals surface area contributed by atoms with Crippen molar-refractivity contribution in [2.75, 3.05) is 0 Å². The minimum Gasteiger partial charge on any atom is -0.390 e. The summed E-state index contributed by atoms with van der Waals surface area (Å²) < 4.78 is 14.9. The average molecular weight is 241 g/mol. The Bertz CT molecular complexity index is 498. The molecule has 5 heteroatoms. The summed E-state index contributed by atoms with van der Waals surface area (Å²) in [4.78, 5) is 3.96. The van der Waals surface area contributed by atoms with Gasteiger partial charge < -0.3 is 9.67 Å². The molecule has 0 radical (unpaired) electrons. The van der Waals surface area contributed by atoms with E-state index in [9.17, 15) is 4.39 Å². The molecule has 0 unspecified atom stereocenters. The summed E-state index contributed by atoms with van der Waals surface area (Å²) in [7, 11) is 0. The van der Waals surface area contributed by atoms with Crippen LogP contribution in [-0.2, 0) is 13.2 Å². The van der Waals surface area contributed by atoms with Gasteiger partial charge in [-0.15, -0.1) is 0 Å². The normalized spacial score (nSPS) is 10.7. The van der Waals surface area contributed by atoms with Crippen molar-refractivity contribution in [3.63, 3.8) is 0 Å². The predicted octanol–water partition coefficient (Wildman–Crippen LogP) is 2.22. The van der Waals surface area contributed by atoms with E-state index in [0.717, 1.165) is 5.56 Å². The molecule has 1 N–H and O–H groups in total. The summed E-state index contributed by atoms with van der Waals surface area (Å²) in [6.07, 6.45) is 3.31. The van der Waals surface area contributed by atoms with Gasteiger partial charge in [-0.1, -0.05) is 17.7 Å². The van der Waals surface area contributed by atoms with Crippen LogP contribution in [0.2, 0.25) is 5.02 Å². The third-order valence-electron chi connectivity index (χ3n) is 2.20. The van der Waals surface area contributed by atoms with Crippen LogP contribution in [-0.4, -0.2) is 14.7 Å². The van der Waals surface area contributed by atoms with Gasteiger partial charge in [-0.25, -0.2) is 9.37 Å². The summed E-state index contributed by atoms with van der Waals surface area (Å²) in [6, 6.07) is 4.67. The number of benzene rings is 1. The number of rotatable bonds is 3. The van der Waals surface area contributed by atoms with Gasteiger partial charge in [-0.05, 0) is 17.7 Å². The van der Waals surface area contributed by atoms with Gasteiger partial charge in [0, 0.05) is 12.7 Å². The van der Waals surface area contributed by atoms with Crippen LogP contribution in [0.4, 0.5) is 4.39 Å². The number of aromatic nitrogens is 2. The molecular formula is C11H10ClFN2O. The van der Waals surface area contributed by atoms with E-state index in [1.807, 2.05) is 0 Å². The van der Waals surface area contributed by atoms with Crippen molar-refractivity contribution in [3.8, 4) is 0 Å². The first kappa shape index (κ1) is 11.1. The second-order valence-electron chi connectivity index (χ2n) is 3.44. The van der Waals surface area contributed by atoms with Crippen molar-refractivity contribution in [2.24, 2.45) is 0 Å². The van der Waals surface area contributed by atoms with E-state index in [1.54, 1.807) is 23.2 Å². The van der Waals surface area contributed by atoms with Gasteiger partial charge in [0.2, 0.25) is 0 Å². The molecule has 0 spiro atoms. The number of imidazole rings is 1. The molecule has 84 valence electrons. The van der Waals surface area contributed by atoms with Crippen molar-refractivity contribution in [2.45, 2.75) is 13.2 Å². The highest BCUT2D eigenvalue weighted by Gasteiger charge is 2.02. The largest absolute Gasteiger partial charge is 0.390 e. The molecule has 0 aliphatic carbocycles. The fourth-order valence-corrected chi connectivity index (χ4v) is 1.54. The second-order valence-corrected chi connectivity index (χ2v) is 3.85. The van der Waals surface area contributed by atoms with Crippen molar-refractivity contribution in [1.82, 2.24) is 9.55 Å². The highest BCUT2D eigenvalue weighted by molar-refractivity contribution is 6.30. The van der Waals surface area contributed by atoms with Crippen LogP contribution >= 0.6 is 11.6 Å².